The largest absolute Gasteiger partial charge is 0.365 e. The summed E-state index contributed by atoms with van der Waals surface area (Å²) >= 11 is 1.68. The number of amides is 2. The molecule has 2 amide bonds. The lowest BCUT2D eigenvalue weighted by Gasteiger charge is -2.37. The van der Waals surface area contributed by atoms with Crippen LogP contribution in [-0.2, 0) is 4.79 Å². The molecule has 1 fully saturated rings. The van der Waals surface area contributed by atoms with Crippen molar-refractivity contribution in [3.8, 4) is 0 Å². The smallest absolute Gasteiger partial charge is 0.252 e. The third-order valence-corrected chi connectivity index (χ3v) is 4.54. The molecule has 1 saturated heterocycles. The number of carbonyl (C=O) groups is 2. The van der Waals surface area contributed by atoms with Gasteiger partial charge < -0.3 is 21.3 Å². The molecule has 0 aromatic carbocycles. The van der Waals surface area contributed by atoms with E-state index in [1.165, 1.54) is 0 Å². The first-order chi connectivity index (χ1) is 11.0. The Labute approximate surface area is 140 Å². The van der Waals surface area contributed by atoms with E-state index in [9.17, 15) is 9.59 Å². The number of primary amides is 1. The molecule has 1 aromatic rings. The predicted octanol–water partition coefficient (Wildman–Crippen LogP) is -0.0905. The summed E-state index contributed by atoms with van der Waals surface area (Å²) in [6.45, 7) is 2.36. The highest BCUT2D eigenvalue weighted by atomic mass is 32.2. The van der Waals surface area contributed by atoms with Crippen LogP contribution >= 0.6 is 11.8 Å². The topological polar surface area (TPSA) is 106 Å². The zero-order valence-corrected chi connectivity index (χ0v) is 14.1. The fraction of sp³-hybridized carbons (Fsp3) is 0.533. The van der Waals surface area contributed by atoms with Gasteiger partial charge in [0.2, 0.25) is 5.91 Å². The Balaban J connectivity index is 1.96. The molecule has 23 heavy (non-hydrogen) atoms. The number of nitrogens with two attached hydrogens (primary N) is 2. The minimum atomic E-state index is -0.495. The van der Waals surface area contributed by atoms with Crippen LogP contribution in [0.2, 0.25) is 0 Å². The number of carbonyl (C=O) groups excluding carboxylic acids is 2. The number of hydrogen-bond donors (Lipinski definition) is 2. The quantitative estimate of drug-likeness (QED) is 0.751. The molecule has 2 heterocycles. The maximum Gasteiger partial charge on any atom is 0.252 e. The van der Waals surface area contributed by atoms with Crippen LogP contribution in [0.5, 0.6) is 0 Å². The zero-order chi connectivity index (χ0) is 16.8. The molecule has 0 saturated carbocycles. The molecule has 0 spiro atoms. The van der Waals surface area contributed by atoms with E-state index in [0.29, 0.717) is 44.0 Å². The van der Waals surface area contributed by atoms with E-state index in [4.69, 9.17) is 11.5 Å². The summed E-state index contributed by atoms with van der Waals surface area (Å²) in [5, 5.41) is 0. The summed E-state index contributed by atoms with van der Waals surface area (Å²) in [5.74, 6) is 0.960. The molecule has 2 rings (SSSR count). The fourth-order valence-electron chi connectivity index (χ4n) is 2.58. The van der Waals surface area contributed by atoms with Gasteiger partial charge in [0, 0.05) is 32.4 Å². The molecule has 0 unspecified atom stereocenters. The number of hydrogen-bond acceptors (Lipinski definition) is 6. The van der Waals surface area contributed by atoms with Crippen molar-refractivity contribution in [1.29, 1.82) is 0 Å². The van der Waals surface area contributed by atoms with Gasteiger partial charge in [-0.15, -0.1) is 0 Å². The zero-order valence-electron chi connectivity index (χ0n) is 13.3. The summed E-state index contributed by atoms with van der Waals surface area (Å²) in [5.41, 5.74) is 11.8. The van der Waals surface area contributed by atoms with Gasteiger partial charge in [0.05, 0.1) is 11.6 Å². The lowest BCUT2D eigenvalue weighted by Crippen LogP contribution is -2.53. The average Bonchev–Trinajstić information content (AvgIpc) is 2.59. The highest BCUT2D eigenvalue weighted by Gasteiger charge is 2.26. The fourth-order valence-corrected chi connectivity index (χ4v) is 3.07. The van der Waals surface area contributed by atoms with Crippen molar-refractivity contribution in [2.45, 2.75) is 12.5 Å². The molecule has 0 bridgehead atoms. The molecular formula is C15H23N5O2S. The SMILES string of the molecule is CSCC[C@H](N)C(=O)N1CCN(c2ncccc2C(N)=O)CC1. The number of nitrogens with zero attached hydrogens (tertiary/aromatic N) is 3. The summed E-state index contributed by atoms with van der Waals surface area (Å²) in [7, 11) is 0. The molecule has 1 aromatic heterocycles. The summed E-state index contributed by atoms with van der Waals surface area (Å²) in [6, 6.07) is 2.92. The van der Waals surface area contributed by atoms with E-state index in [0.717, 1.165) is 5.75 Å². The van der Waals surface area contributed by atoms with Crippen LogP contribution in [0.4, 0.5) is 5.82 Å². The Kier molecular flexibility index (Phi) is 6.23. The van der Waals surface area contributed by atoms with Gasteiger partial charge in [-0.1, -0.05) is 0 Å². The number of piperazine rings is 1. The van der Waals surface area contributed by atoms with Crippen LogP contribution < -0.4 is 16.4 Å². The minimum absolute atomic E-state index is 0.00477. The second-order valence-electron chi connectivity index (χ2n) is 5.44. The lowest BCUT2D eigenvalue weighted by molar-refractivity contribution is -0.132. The molecule has 126 valence electrons. The van der Waals surface area contributed by atoms with Crippen molar-refractivity contribution in [2.24, 2.45) is 11.5 Å². The number of rotatable bonds is 6. The average molecular weight is 337 g/mol. The van der Waals surface area contributed by atoms with Gasteiger partial charge in [-0.25, -0.2) is 4.98 Å². The molecule has 1 aliphatic heterocycles. The Morgan fingerprint density at radius 1 is 1.35 bits per heavy atom. The van der Waals surface area contributed by atoms with Gasteiger partial charge in [-0.2, -0.15) is 11.8 Å². The van der Waals surface area contributed by atoms with Crippen molar-refractivity contribution in [3.05, 3.63) is 23.9 Å². The van der Waals surface area contributed by atoms with Crippen LogP contribution in [0.1, 0.15) is 16.8 Å². The maximum atomic E-state index is 12.3. The highest BCUT2D eigenvalue weighted by Crippen LogP contribution is 2.19. The van der Waals surface area contributed by atoms with Gasteiger partial charge in [-0.05, 0) is 30.6 Å². The van der Waals surface area contributed by atoms with Gasteiger partial charge in [-0.3, -0.25) is 9.59 Å². The second kappa shape index (κ2) is 8.16. The number of pyridine rings is 1. The van der Waals surface area contributed by atoms with E-state index in [1.807, 2.05) is 11.2 Å². The summed E-state index contributed by atoms with van der Waals surface area (Å²) in [6.07, 6.45) is 4.32. The summed E-state index contributed by atoms with van der Waals surface area (Å²) in [4.78, 5) is 31.8. The normalized spacial score (nSPS) is 16.3. The predicted molar refractivity (Wildman–Crippen MR) is 92.5 cm³/mol. The van der Waals surface area contributed by atoms with Crippen molar-refractivity contribution >= 4 is 29.4 Å². The Bertz CT molecular complexity index is 561. The number of thioether (sulfide) groups is 1. The lowest BCUT2D eigenvalue weighted by atomic mass is 10.1. The van der Waals surface area contributed by atoms with E-state index in [-0.39, 0.29) is 5.91 Å². The Morgan fingerprint density at radius 2 is 2.04 bits per heavy atom. The first kappa shape index (κ1) is 17.6. The molecule has 1 aliphatic rings. The second-order valence-corrected chi connectivity index (χ2v) is 6.42. The van der Waals surface area contributed by atoms with Crippen LogP contribution in [0, 0.1) is 0 Å². The molecule has 8 heteroatoms. The van der Waals surface area contributed by atoms with Gasteiger partial charge >= 0.3 is 0 Å². The van der Waals surface area contributed by atoms with Crippen LogP contribution in [0.15, 0.2) is 18.3 Å². The van der Waals surface area contributed by atoms with Crippen LogP contribution in [0.3, 0.4) is 0 Å². The first-order valence-corrected chi connectivity index (χ1v) is 8.97. The van der Waals surface area contributed by atoms with Gasteiger partial charge in [0.1, 0.15) is 5.82 Å². The van der Waals surface area contributed by atoms with Crippen LogP contribution in [0.25, 0.3) is 0 Å². The highest BCUT2D eigenvalue weighted by molar-refractivity contribution is 7.98. The molecular weight excluding hydrogens is 314 g/mol. The third kappa shape index (κ3) is 4.35. The molecule has 1 atom stereocenters. The third-order valence-electron chi connectivity index (χ3n) is 3.89. The van der Waals surface area contributed by atoms with Gasteiger partial charge in [0.25, 0.3) is 5.91 Å². The first-order valence-electron chi connectivity index (χ1n) is 7.57. The van der Waals surface area contributed by atoms with Crippen molar-refractivity contribution in [3.63, 3.8) is 0 Å². The monoisotopic (exact) mass is 337 g/mol. The molecule has 7 nitrogen and oxygen atoms in total. The number of aromatic nitrogens is 1. The molecule has 0 radical (unpaired) electrons. The van der Waals surface area contributed by atoms with Crippen molar-refractivity contribution < 1.29 is 9.59 Å². The van der Waals surface area contributed by atoms with E-state index < -0.39 is 11.9 Å². The van der Waals surface area contributed by atoms with Gasteiger partial charge in [0.15, 0.2) is 0 Å². The van der Waals surface area contributed by atoms with E-state index in [2.05, 4.69) is 4.98 Å². The Hall–Kier alpha value is -1.80. The van der Waals surface area contributed by atoms with Crippen molar-refractivity contribution in [1.82, 2.24) is 9.88 Å². The number of anilines is 1. The van der Waals surface area contributed by atoms with Crippen LogP contribution in [-0.4, -0.2) is 65.9 Å². The van der Waals surface area contributed by atoms with Crippen molar-refractivity contribution in [2.75, 3.05) is 43.1 Å². The van der Waals surface area contributed by atoms with E-state index >= 15 is 0 Å². The van der Waals surface area contributed by atoms with E-state index in [1.54, 1.807) is 35.0 Å². The molecule has 4 N–H and O–H groups in total. The summed E-state index contributed by atoms with van der Waals surface area (Å²) < 4.78 is 0. The minimum Gasteiger partial charge on any atom is -0.365 e. The Morgan fingerprint density at radius 3 is 2.65 bits per heavy atom. The molecule has 0 aliphatic carbocycles. The standard InChI is InChI=1S/C15H23N5O2S/c1-23-10-4-12(16)15(22)20-8-6-19(7-9-20)14-11(13(17)21)3-2-5-18-14/h2-3,5,12H,4,6-10,16H2,1H3,(H2,17,21)/t12-/m0/s1. The maximum absolute atomic E-state index is 12.3.